The predicted molar refractivity (Wildman–Crippen MR) is 153 cm³/mol. The molecule has 0 unspecified atom stereocenters. The van der Waals surface area contributed by atoms with Crippen molar-refractivity contribution in [2.24, 2.45) is 0 Å². The van der Waals surface area contributed by atoms with Gasteiger partial charge in [-0.05, 0) is 67.4 Å². The Labute approximate surface area is 238 Å². The van der Waals surface area contributed by atoms with Gasteiger partial charge in [0, 0.05) is 30.4 Å². The lowest BCUT2D eigenvalue weighted by atomic mass is 9.87. The minimum Gasteiger partial charge on any atom is -0.324 e. The van der Waals surface area contributed by atoms with Crippen LogP contribution in [0, 0.1) is 5.95 Å². The summed E-state index contributed by atoms with van der Waals surface area (Å²) in [5.41, 5.74) is 4.07. The molecule has 1 aliphatic heterocycles. The summed E-state index contributed by atoms with van der Waals surface area (Å²) in [6, 6.07) is 15.6. The monoisotopic (exact) mass is 573 g/mol. The zero-order valence-corrected chi connectivity index (χ0v) is 22.8. The van der Waals surface area contributed by atoms with Crippen molar-refractivity contribution in [3.05, 3.63) is 98.3 Å². The molecule has 0 atom stereocenters. The molecular formula is C29H22Cl2FN7O. The van der Waals surface area contributed by atoms with Crippen LogP contribution in [0.3, 0.4) is 0 Å². The molecule has 1 fully saturated rings. The van der Waals surface area contributed by atoms with Gasteiger partial charge in [-0.25, -0.2) is 15.0 Å². The Morgan fingerprint density at radius 1 is 1.02 bits per heavy atom. The first kappa shape index (κ1) is 25.1. The average Bonchev–Trinajstić information content (AvgIpc) is 3.68. The van der Waals surface area contributed by atoms with E-state index in [0.717, 1.165) is 23.5 Å². The van der Waals surface area contributed by atoms with Crippen molar-refractivity contribution in [2.45, 2.75) is 24.8 Å². The third-order valence-corrected chi connectivity index (χ3v) is 8.15. The second-order valence-corrected chi connectivity index (χ2v) is 11.2. The summed E-state index contributed by atoms with van der Waals surface area (Å²) >= 11 is 12.8. The van der Waals surface area contributed by atoms with Crippen LogP contribution < -0.4 is 10.9 Å². The molecule has 0 saturated heterocycles. The highest BCUT2D eigenvalue weighted by molar-refractivity contribution is 6.37. The third-order valence-electron chi connectivity index (χ3n) is 7.54. The fraction of sp³-hybridized carbons (Fsp3) is 0.207. The number of rotatable bonds is 4. The minimum absolute atomic E-state index is 0.153. The number of para-hydroxylation sites is 1. The van der Waals surface area contributed by atoms with E-state index in [9.17, 15) is 9.18 Å². The molecular weight excluding hydrogens is 552 g/mol. The fourth-order valence-electron chi connectivity index (χ4n) is 5.62. The van der Waals surface area contributed by atoms with E-state index >= 15 is 0 Å². The summed E-state index contributed by atoms with van der Waals surface area (Å²) in [5, 5.41) is 8.40. The van der Waals surface area contributed by atoms with Crippen molar-refractivity contribution in [2.75, 3.05) is 18.9 Å². The van der Waals surface area contributed by atoms with Gasteiger partial charge in [-0.2, -0.15) is 14.2 Å². The first-order chi connectivity index (χ1) is 19.3. The molecule has 200 valence electrons. The Morgan fingerprint density at radius 2 is 1.80 bits per heavy atom. The van der Waals surface area contributed by atoms with Gasteiger partial charge in [0.05, 0.1) is 21.1 Å². The Bertz CT molecular complexity index is 1870. The molecule has 7 rings (SSSR count). The SMILES string of the molecule is CN1Cc2cc(Nc3ncc4c(=O)n(-c5c(Cl)cccc5Cl)nc(-c5cccc(F)n5)c4n3)ccc2C2(CC2)C1. The molecule has 0 radical (unpaired) electrons. The van der Waals surface area contributed by atoms with E-state index in [4.69, 9.17) is 23.2 Å². The molecule has 8 nitrogen and oxygen atoms in total. The van der Waals surface area contributed by atoms with Crippen LogP contribution in [0.15, 0.2) is 65.6 Å². The zero-order chi connectivity index (χ0) is 27.6. The molecule has 0 bridgehead atoms. The maximum absolute atomic E-state index is 14.2. The van der Waals surface area contributed by atoms with Crippen molar-refractivity contribution in [1.29, 1.82) is 0 Å². The van der Waals surface area contributed by atoms with Gasteiger partial charge < -0.3 is 10.2 Å². The molecule has 5 aromatic rings. The number of pyridine rings is 1. The predicted octanol–water partition coefficient (Wildman–Crippen LogP) is 5.90. The van der Waals surface area contributed by atoms with Crippen LogP contribution in [0.5, 0.6) is 0 Å². The number of hydrogen-bond acceptors (Lipinski definition) is 7. The highest BCUT2D eigenvalue weighted by Crippen LogP contribution is 2.52. The first-order valence-electron chi connectivity index (χ1n) is 12.8. The van der Waals surface area contributed by atoms with Crippen LogP contribution in [0.2, 0.25) is 10.0 Å². The van der Waals surface area contributed by atoms with Gasteiger partial charge in [0.15, 0.2) is 0 Å². The standard InChI is InChI=1S/C29H22Cl2FN7O/c1-38-14-16-12-17(8-9-19(16)29(15-38)10-11-29)34-28-33-13-18-24(36-28)25(22-6-3-7-23(32)35-22)37-39(27(18)40)26-20(30)4-2-5-21(26)31/h2-9,12-13H,10-11,14-15H2,1H3,(H,33,34,36). The third kappa shape index (κ3) is 4.21. The maximum atomic E-state index is 14.2. The normalized spacial score (nSPS) is 15.8. The van der Waals surface area contributed by atoms with E-state index in [1.807, 2.05) is 6.07 Å². The molecule has 0 amide bonds. The molecule has 1 N–H and O–H groups in total. The second kappa shape index (κ2) is 9.33. The number of aromatic nitrogens is 5. The van der Waals surface area contributed by atoms with Crippen LogP contribution in [0.1, 0.15) is 24.0 Å². The van der Waals surface area contributed by atoms with Crippen LogP contribution in [0.4, 0.5) is 16.0 Å². The molecule has 3 aromatic heterocycles. The number of nitrogens with one attached hydrogen (secondary N) is 1. The van der Waals surface area contributed by atoms with Crippen molar-refractivity contribution in [3.8, 4) is 17.1 Å². The topological polar surface area (TPSA) is 88.8 Å². The van der Waals surface area contributed by atoms with Crippen molar-refractivity contribution in [3.63, 3.8) is 0 Å². The van der Waals surface area contributed by atoms with E-state index in [2.05, 4.69) is 49.4 Å². The minimum atomic E-state index is -0.694. The van der Waals surface area contributed by atoms with Gasteiger partial charge in [-0.3, -0.25) is 4.79 Å². The summed E-state index contributed by atoms with van der Waals surface area (Å²) < 4.78 is 15.3. The number of fused-ring (bicyclic) bond motifs is 3. The number of nitrogens with zero attached hydrogens (tertiary/aromatic N) is 6. The summed E-state index contributed by atoms with van der Waals surface area (Å²) in [5.74, 6) is -0.425. The van der Waals surface area contributed by atoms with Gasteiger partial charge in [-0.1, -0.05) is 41.4 Å². The van der Waals surface area contributed by atoms with Crippen molar-refractivity contribution < 1.29 is 4.39 Å². The van der Waals surface area contributed by atoms with Gasteiger partial charge in [-0.15, -0.1) is 0 Å². The maximum Gasteiger partial charge on any atom is 0.282 e. The fourth-order valence-corrected chi connectivity index (χ4v) is 6.17. The van der Waals surface area contributed by atoms with E-state index < -0.39 is 11.5 Å². The Morgan fingerprint density at radius 3 is 2.55 bits per heavy atom. The molecule has 1 aliphatic carbocycles. The summed E-state index contributed by atoms with van der Waals surface area (Å²) in [6.45, 7) is 1.95. The van der Waals surface area contributed by atoms with Crippen LogP contribution in [-0.4, -0.2) is 43.2 Å². The number of benzene rings is 2. The Balaban J connectivity index is 1.36. The second-order valence-electron chi connectivity index (χ2n) is 10.4. The van der Waals surface area contributed by atoms with E-state index in [1.165, 1.54) is 42.3 Å². The molecule has 2 aliphatic rings. The summed E-state index contributed by atoms with van der Waals surface area (Å²) in [4.78, 5) is 29.0. The van der Waals surface area contributed by atoms with Crippen LogP contribution in [0.25, 0.3) is 28.0 Å². The van der Waals surface area contributed by atoms with E-state index in [-0.39, 0.29) is 49.4 Å². The largest absolute Gasteiger partial charge is 0.324 e. The van der Waals surface area contributed by atoms with Crippen molar-refractivity contribution in [1.82, 2.24) is 29.6 Å². The summed E-state index contributed by atoms with van der Waals surface area (Å²) in [7, 11) is 2.15. The molecule has 11 heteroatoms. The number of likely N-dealkylation sites (N-methyl/N-ethyl adjacent to an activating group) is 1. The smallest absolute Gasteiger partial charge is 0.282 e. The summed E-state index contributed by atoms with van der Waals surface area (Å²) in [6.07, 6.45) is 3.85. The van der Waals surface area contributed by atoms with Crippen molar-refractivity contribution >= 4 is 45.7 Å². The number of halogens is 3. The van der Waals surface area contributed by atoms with Gasteiger partial charge >= 0.3 is 0 Å². The first-order valence-corrected chi connectivity index (χ1v) is 13.5. The lowest BCUT2D eigenvalue weighted by molar-refractivity contribution is 0.271. The lowest BCUT2D eigenvalue weighted by Gasteiger charge is -2.32. The Hall–Kier alpha value is -3.92. The van der Waals surface area contributed by atoms with Crippen LogP contribution >= 0.6 is 23.2 Å². The molecule has 4 heterocycles. The average molecular weight is 574 g/mol. The van der Waals surface area contributed by atoms with Gasteiger partial charge in [0.1, 0.15) is 16.9 Å². The molecule has 40 heavy (non-hydrogen) atoms. The van der Waals surface area contributed by atoms with Gasteiger partial charge in [0.25, 0.3) is 5.56 Å². The number of hydrogen-bond donors (Lipinski definition) is 1. The molecule has 1 saturated carbocycles. The Kier molecular flexibility index (Phi) is 5.85. The number of anilines is 2. The van der Waals surface area contributed by atoms with Crippen LogP contribution in [-0.2, 0) is 12.0 Å². The van der Waals surface area contributed by atoms with E-state index in [1.54, 1.807) is 24.3 Å². The quantitative estimate of drug-likeness (QED) is 0.267. The molecule has 2 aromatic carbocycles. The highest BCUT2D eigenvalue weighted by atomic mass is 35.5. The zero-order valence-electron chi connectivity index (χ0n) is 21.3. The van der Waals surface area contributed by atoms with E-state index in [0.29, 0.717) is 0 Å². The van der Waals surface area contributed by atoms with Gasteiger partial charge in [0.2, 0.25) is 11.9 Å². The highest BCUT2D eigenvalue weighted by Gasteiger charge is 2.48. The molecule has 1 spiro atoms. The lowest BCUT2D eigenvalue weighted by Crippen LogP contribution is -2.35.